The molecule has 0 atom stereocenters. The molecule has 0 aliphatic heterocycles. The Bertz CT molecular complexity index is 517. The summed E-state index contributed by atoms with van der Waals surface area (Å²) < 4.78 is 5.04. The third-order valence-corrected chi connectivity index (χ3v) is 2.30. The van der Waals surface area contributed by atoms with Crippen LogP contribution in [0.4, 0.5) is 5.69 Å². The van der Waals surface area contributed by atoms with Gasteiger partial charge >= 0.3 is 5.97 Å². The van der Waals surface area contributed by atoms with Gasteiger partial charge in [0, 0.05) is 16.6 Å². The van der Waals surface area contributed by atoms with Crippen LogP contribution in [0.2, 0.25) is 0 Å². The molecule has 3 N–H and O–H groups in total. The fraction of sp³-hybridized carbons (Fsp3) is 0.250. The van der Waals surface area contributed by atoms with Crippen molar-refractivity contribution in [2.24, 2.45) is 0 Å². The van der Waals surface area contributed by atoms with E-state index in [0.717, 1.165) is 17.3 Å². The maximum Gasteiger partial charge on any atom is 0.354 e. The first-order chi connectivity index (χ1) is 7.70. The molecule has 2 aromatic rings. The lowest BCUT2D eigenvalue weighted by Crippen LogP contribution is -2.05. The third kappa shape index (κ3) is 2.00. The van der Waals surface area contributed by atoms with Crippen LogP contribution in [0.25, 0.3) is 10.9 Å². The van der Waals surface area contributed by atoms with Crippen LogP contribution < -0.4 is 5.73 Å². The first kappa shape index (κ1) is 10.5. The van der Waals surface area contributed by atoms with Gasteiger partial charge in [0.05, 0.1) is 6.61 Å². The third-order valence-electron chi connectivity index (χ3n) is 2.30. The van der Waals surface area contributed by atoms with E-state index in [1.165, 1.54) is 0 Å². The van der Waals surface area contributed by atoms with Crippen LogP contribution in [0, 0.1) is 0 Å². The first-order valence-electron chi connectivity index (χ1n) is 5.26. The van der Waals surface area contributed by atoms with E-state index in [2.05, 4.69) is 4.98 Å². The number of aromatic amines is 1. The highest BCUT2D eigenvalue weighted by molar-refractivity contribution is 5.95. The highest BCUT2D eigenvalue weighted by Gasteiger charge is 2.10. The number of aromatic nitrogens is 1. The molecule has 1 aromatic heterocycles. The molecule has 4 heteroatoms. The number of H-pyrrole nitrogens is 1. The van der Waals surface area contributed by atoms with Crippen molar-refractivity contribution >= 4 is 22.6 Å². The van der Waals surface area contributed by atoms with Crippen LogP contribution in [0.3, 0.4) is 0 Å². The predicted octanol–water partition coefficient (Wildman–Crippen LogP) is 2.32. The number of rotatable bonds is 3. The summed E-state index contributed by atoms with van der Waals surface area (Å²) in [4.78, 5) is 14.6. The number of esters is 1. The van der Waals surface area contributed by atoms with Crippen LogP contribution in [-0.4, -0.2) is 17.6 Å². The highest BCUT2D eigenvalue weighted by Crippen LogP contribution is 2.18. The van der Waals surface area contributed by atoms with Crippen molar-refractivity contribution in [1.82, 2.24) is 4.98 Å². The molecule has 0 radical (unpaired) electrons. The number of hydrogen-bond acceptors (Lipinski definition) is 3. The fourth-order valence-electron chi connectivity index (χ4n) is 1.53. The second-order valence-electron chi connectivity index (χ2n) is 3.67. The highest BCUT2D eigenvalue weighted by atomic mass is 16.5. The Labute approximate surface area is 93.4 Å². The van der Waals surface area contributed by atoms with Crippen LogP contribution in [0.5, 0.6) is 0 Å². The molecule has 0 amide bonds. The van der Waals surface area contributed by atoms with Crippen molar-refractivity contribution in [3.63, 3.8) is 0 Å². The Balaban J connectivity index is 2.28. The Morgan fingerprint density at radius 2 is 2.25 bits per heavy atom. The van der Waals surface area contributed by atoms with E-state index in [1.54, 1.807) is 12.1 Å². The fourth-order valence-corrected chi connectivity index (χ4v) is 1.53. The Hall–Kier alpha value is -1.97. The molecule has 2 rings (SSSR count). The average Bonchev–Trinajstić information content (AvgIpc) is 2.68. The van der Waals surface area contributed by atoms with Gasteiger partial charge in [-0.25, -0.2) is 4.79 Å². The quantitative estimate of drug-likeness (QED) is 0.613. The molecule has 0 saturated carbocycles. The average molecular weight is 218 g/mol. The summed E-state index contributed by atoms with van der Waals surface area (Å²) >= 11 is 0. The van der Waals surface area contributed by atoms with Gasteiger partial charge in [-0.05, 0) is 30.7 Å². The normalized spacial score (nSPS) is 10.6. The monoisotopic (exact) mass is 218 g/mol. The van der Waals surface area contributed by atoms with Crippen molar-refractivity contribution in [3.05, 3.63) is 30.0 Å². The Morgan fingerprint density at radius 1 is 1.44 bits per heavy atom. The molecule has 0 bridgehead atoms. The molecular formula is C12H14N2O2. The van der Waals surface area contributed by atoms with Gasteiger partial charge in [-0.2, -0.15) is 0 Å². The van der Waals surface area contributed by atoms with Crippen LogP contribution >= 0.6 is 0 Å². The van der Waals surface area contributed by atoms with E-state index in [4.69, 9.17) is 10.5 Å². The summed E-state index contributed by atoms with van der Waals surface area (Å²) in [6.07, 6.45) is 0.818. The van der Waals surface area contributed by atoms with Gasteiger partial charge in [0.25, 0.3) is 0 Å². The smallest absolute Gasteiger partial charge is 0.354 e. The zero-order valence-corrected chi connectivity index (χ0v) is 9.12. The van der Waals surface area contributed by atoms with Gasteiger partial charge in [0.15, 0.2) is 0 Å². The number of nitrogens with one attached hydrogen (secondary N) is 1. The van der Waals surface area contributed by atoms with E-state index in [-0.39, 0.29) is 5.97 Å². The number of fused-ring (bicyclic) bond motifs is 1. The van der Waals surface area contributed by atoms with Gasteiger partial charge in [-0.1, -0.05) is 6.92 Å². The minimum absolute atomic E-state index is 0.323. The van der Waals surface area contributed by atoms with E-state index < -0.39 is 0 Å². The number of nitrogens with two attached hydrogens (primary N) is 1. The SMILES string of the molecule is CCCOC(=O)c1cc2cc(N)ccc2[nH]1. The Morgan fingerprint density at radius 3 is 3.00 bits per heavy atom. The molecule has 0 aliphatic carbocycles. The van der Waals surface area contributed by atoms with Crippen molar-refractivity contribution in [3.8, 4) is 0 Å². The maximum atomic E-state index is 11.6. The van der Waals surface area contributed by atoms with E-state index in [1.807, 2.05) is 19.1 Å². The number of carbonyl (C=O) groups excluding carboxylic acids is 1. The van der Waals surface area contributed by atoms with Crippen molar-refractivity contribution in [2.45, 2.75) is 13.3 Å². The molecule has 0 unspecified atom stereocenters. The summed E-state index contributed by atoms with van der Waals surface area (Å²) in [5.41, 5.74) is 7.69. The summed E-state index contributed by atoms with van der Waals surface area (Å²) in [5, 5.41) is 0.920. The van der Waals surface area contributed by atoms with Crippen molar-refractivity contribution in [1.29, 1.82) is 0 Å². The van der Waals surface area contributed by atoms with Crippen LogP contribution in [0.15, 0.2) is 24.3 Å². The lowest BCUT2D eigenvalue weighted by atomic mass is 10.2. The topological polar surface area (TPSA) is 68.1 Å². The zero-order valence-electron chi connectivity index (χ0n) is 9.12. The molecule has 1 heterocycles. The number of nitrogen functional groups attached to an aromatic ring is 1. The van der Waals surface area contributed by atoms with E-state index >= 15 is 0 Å². The van der Waals surface area contributed by atoms with Gasteiger partial charge in [-0.3, -0.25) is 0 Å². The van der Waals surface area contributed by atoms with Crippen LogP contribution in [0.1, 0.15) is 23.8 Å². The summed E-state index contributed by atoms with van der Waals surface area (Å²) in [5.74, 6) is -0.323. The number of anilines is 1. The lowest BCUT2D eigenvalue weighted by Gasteiger charge is -1.99. The molecule has 84 valence electrons. The molecular weight excluding hydrogens is 204 g/mol. The van der Waals surface area contributed by atoms with Gasteiger partial charge in [0.2, 0.25) is 0 Å². The maximum absolute atomic E-state index is 11.6. The van der Waals surface area contributed by atoms with Gasteiger partial charge < -0.3 is 15.5 Å². The van der Waals surface area contributed by atoms with Crippen molar-refractivity contribution in [2.75, 3.05) is 12.3 Å². The van der Waals surface area contributed by atoms with E-state index in [9.17, 15) is 4.79 Å². The summed E-state index contributed by atoms with van der Waals surface area (Å²) in [6, 6.07) is 7.22. The number of benzene rings is 1. The van der Waals surface area contributed by atoms with Gasteiger partial charge in [-0.15, -0.1) is 0 Å². The molecule has 0 aliphatic rings. The Kier molecular flexibility index (Phi) is 2.81. The van der Waals surface area contributed by atoms with Crippen LogP contribution in [-0.2, 0) is 4.74 Å². The van der Waals surface area contributed by atoms with Gasteiger partial charge in [0.1, 0.15) is 5.69 Å². The summed E-state index contributed by atoms with van der Waals surface area (Å²) in [7, 11) is 0. The second-order valence-corrected chi connectivity index (χ2v) is 3.67. The number of ether oxygens (including phenoxy) is 1. The zero-order chi connectivity index (χ0) is 11.5. The predicted molar refractivity (Wildman–Crippen MR) is 63.3 cm³/mol. The molecule has 4 nitrogen and oxygen atoms in total. The molecule has 0 saturated heterocycles. The number of hydrogen-bond donors (Lipinski definition) is 2. The molecule has 0 spiro atoms. The lowest BCUT2D eigenvalue weighted by molar-refractivity contribution is 0.0499. The summed E-state index contributed by atoms with van der Waals surface area (Å²) in [6.45, 7) is 2.40. The number of carbonyl (C=O) groups is 1. The largest absolute Gasteiger partial charge is 0.461 e. The molecule has 1 aromatic carbocycles. The minimum Gasteiger partial charge on any atom is -0.461 e. The molecule has 16 heavy (non-hydrogen) atoms. The van der Waals surface area contributed by atoms with Crippen molar-refractivity contribution < 1.29 is 9.53 Å². The minimum atomic E-state index is -0.323. The second kappa shape index (κ2) is 4.26. The van der Waals surface area contributed by atoms with E-state index in [0.29, 0.717) is 18.0 Å². The molecule has 0 fully saturated rings. The standard InChI is InChI=1S/C12H14N2O2/c1-2-5-16-12(15)11-7-8-6-9(13)3-4-10(8)14-11/h3-4,6-7,14H,2,5,13H2,1H3. The first-order valence-corrected chi connectivity index (χ1v) is 5.26.